The summed E-state index contributed by atoms with van der Waals surface area (Å²) < 4.78 is 12.8. The molecule has 0 aliphatic heterocycles. The molecule has 2 amide bonds. The molecule has 0 bridgehead atoms. The number of hydrogen-bond acceptors (Lipinski definition) is 2. The summed E-state index contributed by atoms with van der Waals surface area (Å²) >= 11 is 0. The van der Waals surface area contributed by atoms with Crippen molar-refractivity contribution in [3.8, 4) is 0 Å². The molecular weight excluding hydrogens is 295 g/mol. The topological polar surface area (TPSA) is 58.2 Å². The molecule has 0 spiro atoms. The molecule has 0 saturated carbocycles. The SMILES string of the molecule is CC(C)C(=O)Nc1ccc(C(=O)NCc2ccc(F)cc2)cc1. The van der Waals surface area contributed by atoms with Crippen LogP contribution in [-0.2, 0) is 11.3 Å². The standard InChI is InChI=1S/C18H19FN2O2/c1-12(2)17(22)21-16-9-5-14(6-10-16)18(23)20-11-13-3-7-15(19)8-4-13/h3-10,12H,11H2,1-2H3,(H,20,23)(H,21,22). The number of halogens is 1. The summed E-state index contributed by atoms with van der Waals surface area (Å²) in [4.78, 5) is 23.7. The van der Waals surface area contributed by atoms with Crippen molar-refractivity contribution in [1.82, 2.24) is 5.32 Å². The highest BCUT2D eigenvalue weighted by Crippen LogP contribution is 2.11. The Morgan fingerprint density at radius 3 is 2.17 bits per heavy atom. The minimum atomic E-state index is -0.306. The quantitative estimate of drug-likeness (QED) is 0.889. The first kappa shape index (κ1) is 16.7. The number of nitrogens with one attached hydrogen (secondary N) is 2. The van der Waals surface area contributed by atoms with E-state index in [0.29, 0.717) is 17.8 Å². The Morgan fingerprint density at radius 2 is 1.61 bits per heavy atom. The summed E-state index contributed by atoms with van der Waals surface area (Å²) in [6.07, 6.45) is 0. The van der Waals surface area contributed by atoms with Gasteiger partial charge in [0.15, 0.2) is 0 Å². The van der Waals surface area contributed by atoms with Crippen molar-refractivity contribution in [3.63, 3.8) is 0 Å². The second kappa shape index (κ2) is 7.54. The van der Waals surface area contributed by atoms with E-state index in [1.807, 2.05) is 13.8 Å². The van der Waals surface area contributed by atoms with Crippen LogP contribution in [0.25, 0.3) is 0 Å². The lowest BCUT2D eigenvalue weighted by atomic mass is 10.1. The molecule has 0 aromatic heterocycles. The molecule has 2 aromatic carbocycles. The van der Waals surface area contributed by atoms with E-state index >= 15 is 0 Å². The highest BCUT2D eigenvalue weighted by atomic mass is 19.1. The number of benzene rings is 2. The lowest BCUT2D eigenvalue weighted by Gasteiger charge is -2.09. The van der Waals surface area contributed by atoms with E-state index in [1.165, 1.54) is 12.1 Å². The van der Waals surface area contributed by atoms with E-state index in [4.69, 9.17) is 0 Å². The summed E-state index contributed by atoms with van der Waals surface area (Å²) in [5, 5.41) is 5.53. The third kappa shape index (κ3) is 4.92. The molecule has 0 saturated heterocycles. The molecule has 0 unspecified atom stereocenters. The van der Waals surface area contributed by atoms with E-state index in [1.54, 1.807) is 36.4 Å². The molecule has 0 atom stereocenters. The van der Waals surface area contributed by atoms with Crippen LogP contribution in [-0.4, -0.2) is 11.8 Å². The number of carbonyl (C=O) groups excluding carboxylic acids is 2. The minimum Gasteiger partial charge on any atom is -0.348 e. The Labute approximate surface area is 134 Å². The van der Waals surface area contributed by atoms with Gasteiger partial charge in [-0.3, -0.25) is 9.59 Å². The van der Waals surface area contributed by atoms with Crippen LogP contribution in [0.2, 0.25) is 0 Å². The first-order valence-electron chi connectivity index (χ1n) is 7.39. The Morgan fingerprint density at radius 1 is 1.00 bits per heavy atom. The summed E-state index contributed by atoms with van der Waals surface area (Å²) in [7, 11) is 0. The fourth-order valence-electron chi connectivity index (χ4n) is 1.88. The maximum absolute atomic E-state index is 12.8. The Hall–Kier alpha value is -2.69. The van der Waals surface area contributed by atoms with Crippen molar-refractivity contribution in [2.45, 2.75) is 20.4 Å². The maximum Gasteiger partial charge on any atom is 0.251 e. The predicted octanol–water partition coefficient (Wildman–Crippen LogP) is 3.35. The van der Waals surface area contributed by atoms with Crippen molar-refractivity contribution >= 4 is 17.5 Å². The van der Waals surface area contributed by atoms with Crippen LogP contribution in [0.5, 0.6) is 0 Å². The fraction of sp³-hybridized carbons (Fsp3) is 0.222. The van der Waals surface area contributed by atoms with Gasteiger partial charge in [-0.25, -0.2) is 4.39 Å². The van der Waals surface area contributed by atoms with Gasteiger partial charge in [-0.15, -0.1) is 0 Å². The van der Waals surface area contributed by atoms with Crippen molar-refractivity contribution in [2.24, 2.45) is 5.92 Å². The average molecular weight is 314 g/mol. The van der Waals surface area contributed by atoms with E-state index in [0.717, 1.165) is 5.56 Å². The summed E-state index contributed by atoms with van der Waals surface area (Å²) in [5.74, 6) is -0.706. The Bertz CT molecular complexity index is 679. The molecule has 120 valence electrons. The number of hydrogen-bond donors (Lipinski definition) is 2. The van der Waals surface area contributed by atoms with E-state index in [-0.39, 0.29) is 23.5 Å². The second-order valence-electron chi connectivity index (χ2n) is 5.53. The highest BCUT2D eigenvalue weighted by molar-refractivity contribution is 5.96. The van der Waals surface area contributed by atoms with Gasteiger partial charge in [0.05, 0.1) is 0 Å². The van der Waals surface area contributed by atoms with Gasteiger partial charge in [-0.2, -0.15) is 0 Å². The van der Waals surface area contributed by atoms with E-state index < -0.39 is 0 Å². The second-order valence-corrected chi connectivity index (χ2v) is 5.53. The van der Waals surface area contributed by atoms with Gasteiger partial charge >= 0.3 is 0 Å². The van der Waals surface area contributed by atoms with E-state index in [9.17, 15) is 14.0 Å². The fourth-order valence-corrected chi connectivity index (χ4v) is 1.88. The third-order valence-corrected chi connectivity index (χ3v) is 3.31. The van der Waals surface area contributed by atoms with Gasteiger partial charge in [-0.05, 0) is 42.0 Å². The number of rotatable bonds is 5. The largest absolute Gasteiger partial charge is 0.348 e. The zero-order chi connectivity index (χ0) is 16.8. The van der Waals surface area contributed by atoms with Crippen molar-refractivity contribution in [3.05, 3.63) is 65.5 Å². The van der Waals surface area contributed by atoms with Crippen molar-refractivity contribution in [1.29, 1.82) is 0 Å². The molecule has 2 rings (SSSR count). The molecule has 2 N–H and O–H groups in total. The first-order valence-corrected chi connectivity index (χ1v) is 7.39. The first-order chi connectivity index (χ1) is 11.0. The predicted molar refractivity (Wildman–Crippen MR) is 87.5 cm³/mol. The van der Waals surface area contributed by atoms with Gasteiger partial charge in [0.25, 0.3) is 5.91 Å². The molecule has 0 radical (unpaired) electrons. The van der Waals surface area contributed by atoms with Crippen LogP contribution in [0.1, 0.15) is 29.8 Å². The lowest BCUT2D eigenvalue weighted by molar-refractivity contribution is -0.118. The summed E-state index contributed by atoms with van der Waals surface area (Å²) in [6.45, 7) is 3.95. The zero-order valence-electron chi connectivity index (χ0n) is 13.1. The molecular formula is C18H19FN2O2. The van der Waals surface area contributed by atoms with Gasteiger partial charge in [0.2, 0.25) is 5.91 Å². The smallest absolute Gasteiger partial charge is 0.251 e. The maximum atomic E-state index is 12.8. The van der Waals surface area contributed by atoms with Crippen LogP contribution in [0.3, 0.4) is 0 Å². The Balaban J connectivity index is 1.92. The van der Waals surface area contributed by atoms with Crippen LogP contribution < -0.4 is 10.6 Å². The molecule has 0 fully saturated rings. The molecule has 4 nitrogen and oxygen atoms in total. The van der Waals surface area contributed by atoms with Gasteiger partial charge in [-0.1, -0.05) is 26.0 Å². The summed E-state index contributed by atoms with van der Waals surface area (Å²) in [6, 6.07) is 12.6. The Kier molecular flexibility index (Phi) is 5.46. The zero-order valence-corrected chi connectivity index (χ0v) is 13.1. The minimum absolute atomic E-state index is 0.0708. The van der Waals surface area contributed by atoms with Gasteiger partial charge < -0.3 is 10.6 Å². The van der Waals surface area contributed by atoms with Crippen LogP contribution in [0.15, 0.2) is 48.5 Å². The molecule has 0 heterocycles. The molecule has 5 heteroatoms. The monoisotopic (exact) mass is 314 g/mol. The molecule has 2 aromatic rings. The van der Waals surface area contributed by atoms with Crippen LogP contribution >= 0.6 is 0 Å². The van der Waals surface area contributed by atoms with Crippen molar-refractivity contribution in [2.75, 3.05) is 5.32 Å². The van der Waals surface area contributed by atoms with Gasteiger partial charge in [0.1, 0.15) is 5.82 Å². The van der Waals surface area contributed by atoms with Gasteiger partial charge in [0, 0.05) is 23.7 Å². The molecule has 0 aliphatic rings. The number of anilines is 1. The lowest BCUT2D eigenvalue weighted by Crippen LogP contribution is -2.23. The van der Waals surface area contributed by atoms with E-state index in [2.05, 4.69) is 10.6 Å². The highest BCUT2D eigenvalue weighted by Gasteiger charge is 2.09. The van der Waals surface area contributed by atoms with Crippen LogP contribution in [0.4, 0.5) is 10.1 Å². The average Bonchev–Trinajstić information content (AvgIpc) is 2.54. The van der Waals surface area contributed by atoms with Crippen molar-refractivity contribution < 1.29 is 14.0 Å². The number of carbonyl (C=O) groups is 2. The molecule has 23 heavy (non-hydrogen) atoms. The van der Waals surface area contributed by atoms with Crippen LogP contribution in [0, 0.1) is 11.7 Å². The number of amides is 2. The molecule has 0 aliphatic carbocycles. The summed E-state index contributed by atoms with van der Waals surface area (Å²) in [5.41, 5.74) is 1.97. The normalized spacial score (nSPS) is 10.4. The third-order valence-electron chi connectivity index (χ3n) is 3.31.